The monoisotopic (exact) mass is 410 g/mol. The van der Waals surface area contributed by atoms with Crippen LogP contribution in [0.5, 0.6) is 0 Å². The van der Waals surface area contributed by atoms with Gasteiger partial charge in [-0.25, -0.2) is 0 Å². The number of Topliss-reactive ketones (excluding diaryl/α,β-unsaturated/α-hetero) is 1. The SMILES string of the molecule is CCC(N)(CO)CCc1ccc(C(=O)CCCc2ccc(C(F)(F)F)cc2)n1C. The summed E-state index contributed by atoms with van der Waals surface area (Å²) < 4.78 is 39.7. The van der Waals surface area contributed by atoms with E-state index in [1.165, 1.54) is 12.1 Å². The molecule has 1 aromatic heterocycles. The molecule has 0 saturated heterocycles. The van der Waals surface area contributed by atoms with Crippen LogP contribution in [0.3, 0.4) is 0 Å². The minimum absolute atomic E-state index is 0.00215. The fourth-order valence-corrected chi connectivity index (χ4v) is 3.27. The minimum atomic E-state index is -4.34. The first-order valence-corrected chi connectivity index (χ1v) is 9.83. The number of aryl methyl sites for hydroxylation is 2. The number of halogens is 3. The van der Waals surface area contributed by atoms with Crippen molar-refractivity contribution in [1.29, 1.82) is 0 Å². The van der Waals surface area contributed by atoms with Crippen LogP contribution >= 0.6 is 0 Å². The van der Waals surface area contributed by atoms with Gasteiger partial charge in [-0.2, -0.15) is 13.2 Å². The summed E-state index contributed by atoms with van der Waals surface area (Å²) in [6.45, 7) is 1.86. The van der Waals surface area contributed by atoms with Crippen molar-refractivity contribution in [3.8, 4) is 0 Å². The number of hydrogen-bond acceptors (Lipinski definition) is 3. The third-order valence-corrected chi connectivity index (χ3v) is 5.56. The second kappa shape index (κ2) is 9.59. The van der Waals surface area contributed by atoms with Crippen LogP contribution in [0.25, 0.3) is 0 Å². The van der Waals surface area contributed by atoms with E-state index in [4.69, 9.17) is 5.73 Å². The number of nitrogens with two attached hydrogens (primary N) is 1. The van der Waals surface area contributed by atoms with Crippen molar-refractivity contribution in [1.82, 2.24) is 4.57 Å². The molecule has 0 aliphatic rings. The van der Waals surface area contributed by atoms with Crippen LogP contribution in [0.15, 0.2) is 36.4 Å². The van der Waals surface area contributed by atoms with E-state index in [1.807, 2.05) is 24.6 Å². The summed E-state index contributed by atoms with van der Waals surface area (Å²) in [6.07, 6.45) is -0.939. The minimum Gasteiger partial charge on any atom is -0.394 e. The molecule has 4 nitrogen and oxygen atoms in total. The molecule has 3 N–H and O–H groups in total. The Balaban J connectivity index is 1.89. The summed E-state index contributed by atoms with van der Waals surface area (Å²) in [5.74, 6) is 0.00215. The van der Waals surface area contributed by atoms with Crippen LogP contribution in [0.2, 0.25) is 0 Å². The maximum absolute atomic E-state index is 12.6. The number of benzene rings is 1. The molecule has 1 unspecified atom stereocenters. The van der Waals surface area contributed by atoms with Crippen molar-refractivity contribution in [2.45, 2.75) is 57.2 Å². The molecule has 0 bridgehead atoms. The van der Waals surface area contributed by atoms with Gasteiger partial charge in [0.05, 0.1) is 17.9 Å². The Kier molecular flexibility index (Phi) is 7.66. The van der Waals surface area contributed by atoms with Crippen molar-refractivity contribution in [2.24, 2.45) is 12.8 Å². The summed E-state index contributed by atoms with van der Waals surface area (Å²) >= 11 is 0. The third-order valence-electron chi connectivity index (χ3n) is 5.56. The second-order valence-corrected chi connectivity index (χ2v) is 7.61. The van der Waals surface area contributed by atoms with Gasteiger partial charge in [0, 0.05) is 24.7 Å². The van der Waals surface area contributed by atoms with Gasteiger partial charge in [-0.05, 0) is 61.9 Å². The van der Waals surface area contributed by atoms with Crippen molar-refractivity contribution in [3.63, 3.8) is 0 Å². The number of alkyl halides is 3. The first-order valence-electron chi connectivity index (χ1n) is 9.83. The molecule has 7 heteroatoms. The second-order valence-electron chi connectivity index (χ2n) is 7.61. The number of carbonyl (C=O) groups is 1. The standard InChI is InChI=1S/C22H29F3N2O2/c1-3-21(26,15-28)14-13-18-11-12-19(27(18)2)20(29)6-4-5-16-7-9-17(10-8-16)22(23,24)25/h7-12,28H,3-6,13-15,26H2,1-2H3. The Morgan fingerprint density at radius 3 is 2.31 bits per heavy atom. The van der Waals surface area contributed by atoms with Gasteiger partial charge in [-0.15, -0.1) is 0 Å². The molecular formula is C22H29F3N2O2. The lowest BCUT2D eigenvalue weighted by Gasteiger charge is -2.25. The molecule has 0 aliphatic heterocycles. The van der Waals surface area contributed by atoms with Gasteiger partial charge in [-0.3, -0.25) is 4.79 Å². The van der Waals surface area contributed by atoms with Gasteiger partial charge in [0.25, 0.3) is 0 Å². The van der Waals surface area contributed by atoms with Crippen LogP contribution in [0.4, 0.5) is 13.2 Å². The highest BCUT2D eigenvalue weighted by atomic mass is 19.4. The van der Waals surface area contributed by atoms with E-state index in [1.54, 1.807) is 6.07 Å². The van der Waals surface area contributed by atoms with E-state index in [0.29, 0.717) is 44.2 Å². The molecule has 0 saturated carbocycles. The Labute approximate surface area is 169 Å². The molecule has 29 heavy (non-hydrogen) atoms. The number of aliphatic hydroxyl groups is 1. The number of hydrogen-bond donors (Lipinski definition) is 2. The third kappa shape index (κ3) is 6.18. The van der Waals surface area contributed by atoms with E-state index in [0.717, 1.165) is 23.4 Å². The van der Waals surface area contributed by atoms with Gasteiger partial charge >= 0.3 is 6.18 Å². The predicted molar refractivity (Wildman–Crippen MR) is 107 cm³/mol. The molecule has 1 atom stereocenters. The first kappa shape index (κ1) is 23.2. The van der Waals surface area contributed by atoms with E-state index in [-0.39, 0.29) is 12.4 Å². The zero-order chi connectivity index (χ0) is 21.7. The fraction of sp³-hybridized carbons (Fsp3) is 0.500. The predicted octanol–water partition coefficient (Wildman–Crippen LogP) is 4.28. The van der Waals surface area contributed by atoms with Gasteiger partial charge < -0.3 is 15.4 Å². The average Bonchev–Trinajstić information content (AvgIpc) is 3.06. The van der Waals surface area contributed by atoms with Crippen LogP contribution < -0.4 is 5.73 Å². The fourth-order valence-electron chi connectivity index (χ4n) is 3.27. The van der Waals surface area contributed by atoms with Crippen LogP contribution in [-0.2, 0) is 26.1 Å². The summed E-state index contributed by atoms with van der Waals surface area (Å²) in [5, 5.41) is 9.43. The summed E-state index contributed by atoms with van der Waals surface area (Å²) in [6, 6.07) is 8.75. The molecule has 0 radical (unpaired) electrons. The highest BCUT2D eigenvalue weighted by Gasteiger charge is 2.29. The van der Waals surface area contributed by atoms with Crippen molar-refractivity contribution >= 4 is 5.78 Å². The largest absolute Gasteiger partial charge is 0.416 e. The molecule has 0 amide bonds. The molecule has 1 aromatic carbocycles. The van der Waals surface area contributed by atoms with Crippen LogP contribution in [0, 0.1) is 0 Å². The molecule has 0 spiro atoms. The zero-order valence-corrected chi connectivity index (χ0v) is 16.9. The Hall–Kier alpha value is -2.12. The summed E-state index contributed by atoms with van der Waals surface area (Å²) in [4.78, 5) is 12.5. The molecule has 0 aliphatic carbocycles. The lowest BCUT2D eigenvalue weighted by Crippen LogP contribution is -2.43. The van der Waals surface area contributed by atoms with Crippen LogP contribution in [-0.4, -0.2) is 27.6 Å². The summed E-state index contributed by atoms with van der Waals surface area (Å²) in [7, 11) is 1.83. The number of nitrogens with zero attached hydrogens (tertiary/aromatic N) is 1. The molecule has 2 rings (SSSR count). The molecule has 160 valence electrons. The van der Waals surface area contributed by atoms with E-state index in [9.17, 15) is 23.1 Å². The quantitative estimate of drug-likeness (QED) is 0.575. The van der Waals surface area contributed by atoms with Crippen molar-refractivity contribution in [2.75, 3.05) is 6.61 Å². The Bertz CT molecular complexity index is 806. The maximum Gasteiger partial charge on any atom is 0.416 e. The summed E-state index contributed by atoms with van der Waals surface area (Å²) in [5.41, 5.74) is 7.21. The highest BCUT2D eigenvalue weighted by Crippen LogP contribution is 2.29. The van der Waals surface area contributed by atoms with Gasteiger partial charge in [0.15, 0.2) is 5.78 Å². The molecule has 0 fully saturated rings. The topological polar surface area (TPSA) is 68.2 Å². The molecule has 1 heterocycles. The van der Waals surface area contributed by atoms with Gasteiger partial charge in [-0.1, -0.05) is 19.1 Å². The van der Waals surface area contributed by atoms with E-state index < -0.39 is 17.3 Å². The lowest BCUT2D eigenvalue weighted by molar-refractivity contribution is -0.137. The van der Waals surface area contributed by atoms with E-state index in [2.05, 4.69) is 0 Å². The van der Waals surface area contributed by atoms with Gasteiger partial charge in [0.1, 0.15) is 0 Å². The number of rotatable bonds is 10. The average molecular weight is 410 g/mol. The molecule has 2 aromatic rings. The van der Waals surface area contributed by atoms with Crippen LogP contribution in [0.1, 0.15) is 59.9 Å². The zero-order valence-electron chi connectivity index (χ0n) is 16.9. The van der Waals surface area contributed by atoms with E-state index >= 15 is 0 Å². The number of aliphatic hydroxyl groups excluding tert-OH is 1. The number of aromatic nitrogens is 1. The normalized spacial score (nSPS) is 14.0. The smallest absolute Gasteiger partial charge is 0.394 e. The lowest BCUT2D eigenvalue weighted by atomic mass is 9.92. The Morgan fingerprint density at radius 2 is 1.76 bits per heavy atom. The number of carbonyl (C=O) groups excluding carboxylic acids is 1. The van der Waals surface area contributed by atoms with Crippen molar-refractivity contribution < 1.29 is 23.1 Å². The Morgan fingerprint density at radius 1 is 1.10 bits per heavy atom. The number of ketones is 1. The molecular weight excluding hydrogens is 381 g/mol. The highest BCUT2D eigenvalue weighted by molar-refractivity contribution is 5.94. The van der Waals surface area contributed by atoms with Crippen molar-refractivity contribution in [3.05, 3.63) is 58.9 Å². The maximum atomic E-state index is 12.6. The first-order chi connectivity index (χ1) is 13.6. The van der Waals surface area contributed by atoms with Gasteiger partial charge in [0.2, 0.25) is 0 Å².